The Morgan fingerprint density at radius 1 is 1.33 bits per heavy atom. The third kappa shape index (κ3) is 2.05. The predicted octanol–water partition coefficient (Wildman–Crippen LogP) is 3.84. The Hall–Kier alpha value is -0.500. The fourth-order valence-electron chi connectivity index (χ4n) is 1.18. The maximum atomic E-state index is 12.3. The van der Waals surface area contributed by atoms with Gasteiger partial charge in [0.15, 0.2) is 0 Å². The highest BCUT2D eigenvalue weighted by atomic mass is 127. The zero-order valence-electron chi connectivity index (χ0n) is 6.99. The molecule has 2 rings (SSSR count). The second-order valence-electron chi connectivity index (χ2n) is 2.87. The van der Waals surface area contributed by atoms with Gasteiger partial charge in [0.2, 0.25) is 5.82 Å². The van der Waals surface area contributed by atoms with Gasteiger partial charge in [-0.1, -0.05) is 11.6 Å². The highest BCUT2D eigenvalue weighted by Crippen LogP contribution is 2.31. The highest BCUT2D eigenvalue weighted by Gasteiger charge is 2.35. The van der Waals surface area contributed by atoms with E-state index in [9.17, 15) is 13.2 Å². The molecule has 80 valence electrons. The van der Waals surface area contributed by atoms with Crippen LogP contribution in [-0.4, -0.2) is 9.97 Å². The Morgan fingerprint density at radius 2 is 2.00 bits per heavy atom. The van der Waals surface area contributed by atoms with Gasteiger partial charge in [-0.3, -0.25) is 0 Å². The Bertz CT molecular complexity index is 520. The monoisotopic (exact) mass is 346 g/mol. The number of hydrogen-bond acceptors (Lipinski definition) is 1. The Balaban J connectivity index is 2.71. The van der Waals surface area contributed by atoms with Crippen molar-refractivity contribution in [2.75, 3.05) is 0 Å². The van der Waals surface area contributed by atoms with Crippen molar-refractivity contribution in [3.63, 3.8) is 0 Å². The summed E-state index contributed by atoms with van der Waals surface area (Å²) in [5, 5.41) is 0.212. The molecular formula is C8H3ClF3IN2. The number of aromatic amines is 1. The molecule has 0 radical (unpaired) electrons. The first-order chi connectivity index (χ1) is 6.88. The van der Waals surface area contributed by atoms with Crippen LogP contribution in [0.15, 0.2) is 12.1 Å². The van der Waals surface area contributed by atoms with Gasteiger partial charge in [-0.05, 0) is 34.7 Å². The standard InChI is InChI=1S/C8H3ClF3IN2/c9-4-1-3(13)2-5-6(4)15-7(14-5)8(10,11)12/h1-2H,(H,14,15). The number of fused-ring (bicyclic) bond motifs is 1. The second kappa shape index (κ2) is 3.51. The van der Waals surface area contributed by atoms with Crippen molar-refractivity contribution >= 4 is 45.2 Å². The lowest BCUT2D eigenvalue weighted by Gasteiger charge is -1.98. The van der Waals surface area contributed by atoms with Crippen LogP contribution in [0, 0.1) is 3.57 Å². The molecule has 2 nitrogen and oxygen atoms in total. The summed E-state index contributed by atoms with van der Waals surface area (Å²) in [6.45, 7) is 0. The molecule has 0 unspecified atom stereocenters. The number of halogens is 5. The molecule has 1 aromatic heterocycles. The molecule has 0 fully saturated rings. The first kappa shape index (κ1) is 11.0. The molecule has 0 aliphatic rings. The van der Waals surface area contributed by atoms with Crippen LogP contribution in [0.3, 0.4) is 0 Å². The van der Waals surface area contributed by atoms with E-state index in [-0.39, 0.29) is 10.5 Å². The average molecular weight is 346 g/mol. The van der Waals surface area contributed by atoms with Crippen molar-refractivity contribution < 1.29 is 13.2 Å². The molecule has 0 atom stereocenters. The maximum Gasteiger partial charge on any atom is 0.449 e. The lowest BCUT2D eigenvalue weighted by molar-refractivity contribution is -0.144. The summed E-state index contributed by atoms with van der Waals surface area (Å²) >= 11 is 7.74. The zero-order chi connectivity index (χ0) is 11.2. The lowest BCUT2D eigenvalue weighted by atomic mass is 10.3. The number of alkyl halides is 3. The molecule has 0 saturated heterocycles. The number of aromatic nitrogens is 2. The van der Waals surface area contributed by atoms with Gasteiger partial charge in [0.1, 0.15) is 5.52 Å². The summed E-state index contributed by atoms with van der Waals surface area (Å²) in [6, 6.07) is 3.12. The number of nitrogens with one attached hydrogen (secondary N) is 1. The summed E-state index contributed by atoms with van der Waals surface area (Å²) in [4.78, 5) is 5.60. The SMILES string of the molecule is FC(F)(F)c1nc2c(Cl)cc(I)cc2[nH]1. The lowest BCUT2D eigenvalue weighted by Crippen LogP contribution is -2.06. The Kier molecular flexibility index (Phi) is 2.58. The molecule has 0 spiro atoms. The number of hydrogen-bond donors (Lipinski definition) is 1. The molecule has 1 aromatic carbocycles. The zero-order valence-corrected chi connectivity index (χ0v) is 9.91. The van der Waals surface area contributed by atoms with Crippen LogP contribution in [-0.2, 0) is 6.18 Å². The molecule has 0 saturated carbocycles. The van der Waals surface area contributed by atoms with Crippen LogP contribution in [0.5, 0.6) is 0 Å². The summed E-state index contributed by atoms with van der Waals surface area (Å²) in [5.41, 5.74) is 0.434. The summed E-state index contributed by atoms with van der Waals surface area (Å²) in [6.07, 6.45) is -4.48. The third-order valence-corrected chi connectivity index (χ3v) is 2.68. The summed E-state index contributed by atoms with van der Waals surface area (Å²) in [5.74, 6) is -1.03. The molecule has 0 bridgehead atoms. The van der Waals surface area contributed by atoms with Gasteiger partial charge >= 0.3 is 6.18 Å². The average Bonchev–Trinajstić information content (AvgIpc) is 2.46. The van der Waals surface area contributed by atoms with Gasteiger partial charge in [0, 0.05) is 3.57 Å². The quantitative estimate of drug-likeness (QED) is 0.722. The van der Waals surface area contributed by atoms with Crippen molar-refractivity contribution in [1.82, 2.24) is 9.97 Å². The minimum atomic E-state index is -4.48. The van der Waals surface area contributed by atoms with E-state index in [1.165, 1.54) is 0 Å². The highest BCUT2D eigenvalue weighted by molar-refractivity contribution is 14.1. The number of rotatable bonds is 0. The van der Waals surface area contributed by atoms with Crippen LogP contribution in [0.2, 0.25) is 5.02 Å². The van der Waals surface area contributed by atoms with E-state index < -0.39 is 12.0 Å². The van der Waals surface area contributed by atoms with E-state index in [1.807, 2.05) is 22.6 Å². The summed E-state index contributed by atoms with van der Waals surface area (Å²) < 4.78 is 37.7. The van der Waals surface area contributed by atoms with E-state index in [1.54, 1.807) is 12.1 Å². The van der Waals surface area contributed by atoms with E-state index in [0.717, 1.165) is 3.57 Å². The molecule has 0 amide bonds. The number of nitrogens with zero attached hydrogens (tertiary/aromatic N) is 1. The van der Waals surface area contributed by atoms with Crippen molar-refractivity contribution in [3.05, 3.63) is 26.5 Å². The third-order valence-electron chi connectivity index (χ3n) is 1.77. The molecule has 7 heteroatoms. The van der Waals surface area contributed by atoms with Crippen molar-refractivity contribution in [2.45, 2.75) is 6.18 Å². The maximum absolute atomic E-state index is 12.3. The van der Waals surface area contributed by atoms with Gasteiger partial charge in [-0.15, -0.1) is 0 Å². The molecule has 0 aliphatic carbocycles. The van der Waals surface area contributed by atoms with Gasteiger partial charge in [-0.25, -0.2) is 4.98 Å². The fourth-order valence-corrected chi connectivity index (χ4v) is 2.24. The van der Waals surface area contributed by atoms with Crippen LogP contribution >= 0.6 is 34.2 Å². The normalized spacial score (nSPS) is 12.3. The van der Waals surface area contributed by atoms with Gasteiger partial charge in [0.25, 0.3) is 0 Å². The molecule has 2 aromatic rings. The largest absolute Gasteiger partial charge is 0.449 e. The molecular weight excluding hydrogens is 343 g/mol. The van der Waals surface area contributed by atoms with Crippen LogP contribution in [0.1, 0.15) is 5.82 Å². The van der Waals surface area contributed by atoms with Crippen LogP contribution in [0.25, 0.3) is 11.0 Å². The first-order valence-electron chi connectivity index (χ1n) is 3.80. The Morgan fingerprint density at radius 3 is 2.60 bits per heavy atom. The molecule has 1 N–H and O–H groups in total. The van der Waals surface area contributed by atoms with E-state index in [0.29, 0.717) is 5.52 Å². The number of H-pyrrole nitrogens is 1. The molecule has 1 heterocycles. The molecule has 15 heavy (non-hydrogen) atoms. The van der Waals surface area contributed by atoms with E-state index >= 15 is 0 Å². The Labute approximate surface area is 101 Å². The van der Waals surface area contributed by atoms with Gasteiger partial charge in [0.05, 0.1) is 10.5 Å². The minimum Gasteiger partial charge on any atom is -0.334 e. The topological polar surface area (TPSA) is 28.7 Å². The van der Waals surface area contributed by atoms with Crippen LogP contribution < -0.4 is 0 Å². The number of benzene rings is 1. The summed E-state index contributed by atoms with van der Waals surface area (Å²) in [7, 11) is 0. The molecule has 0 aliphatic heterocycles. The van der Waals surface area contributed by atoms with E-state index in [4.69, 9.17) is 11.6 Å². The van der Waals surface area contributed by atoms with Crippen molar-refractivity contribution in [1.29, 1.82) is 0 Å². The van der Waals surface area contributed by atoms with E-state index in [2.05, 4.69) is 9.97 Å². The predicted molar refractivity (Wildman–Crippen MR) is 58.8 cm³/mol. The van der Waals surface area contributed by atoms with Gasteiger partial charge < -0.3 is 4.98 Å². The van der Waals surface area contributed by atoms with Crippen molar-refractivity contribution in [2.24, 2.45) is 0 Å². The first-order valence-corrected chi connectivity index (χ1v) is 5.25. The minimum absolute atomic E-state index is 0.143. The smallest absolute Gasteiger partial charge is 0.334 e. The van der Waals surface area contributed by atoms with Crippen LogP contribution in [0.4, 0.5) is 13.2 Å². The number of imidazole rings is 1. The van der Waals surface area contributed by atoms with Gasteiger partial charge in [-0.2, -0.15) is 13.2 Å². The fraction of sp³-hybridized carbons (Fsp3) is 0.125. The second-order valence-corrected chi connectivity index (χ2v) is 4.52. The van der Waals surface area contributed by atoms with Crippen molar-refractivity contribution in [3.8, 4) is 0 Å².